The van der Waals surface area contributed by atoms with Crippen LogP contribution < -0.4 is 5.32 Å². The first-order valence-electron chi connectivity index (χ1n) is 6.04. The molecule has 2 heterocycles. The third-order valence-corrected chi connectivity index (χ3v) is 7.74. The Labute approximate surface area is 132 Å². The van der Waals surface area contributed by atoms with Crippen LogP contribution in [0.2, 0.25) is 0 Å². The van der Waals surface area contributed by atoms with Gasteiger partial charge in [-0.05, 0) is 6.07 Å². The number of amides is 3. The zero-order valence-corrected chi connectivity index (χ0v) is 13.7. The zero-order chi connectivity index (χ0) is 16.1. The third-order valence-electron chi connectivity index (χ3n) is 3.09. The Bertz CT molecular complexity index is 931. The van der Waals surface area contributed by atoms with E-state index in [1.54, 1.807) is 24.3 Å². The highest BCUT2D eigenvalue weighted by atomic mass is 32.2. The van der Waals surface area contributed by atoms with Gasteiger partial charge in [0.05, 0.1) is 15.7 Å². The molecule has 1 saturated heterocycles. The van der Waals surface area contributed by atoms with Gasteiger partial charge < -0.3 is 0 Å². The molecule has 1 atom stereocenters. The van der Waals surface area contributed by atoms with Crippen molar-refractivity contribution in [3.8, 4) is 0 Å². The summed E-state index contributed by atoms with van der Waals surface area (Å²) in [6.45, 7) is -0.564. The largest absolute Gasteiger partial charge is 0.338 e. The van der Waals surface area contributed by atoms with E-state index in [2.05, 4.69) is 0 Å². The first-order chi connectivity index (χ1) is 10.3. The summed E-state index contributed by atoms with van der Waals surface area (Å²) >= 11 is 0.935. The molecule has 1 aliphatic heterocycles. The Morgan fingerprint density at radius 2 is 1.95 bits per heavy atom. The highest BCUT2D eigenvalue weighted by Crippen LogP contribution is 2.38. The van der Waals surface area contributed by atoms with Crippen molar-refractivity contribution in [3.63, 3.8) is 0 Å². The number of benzene rings is 1. The molecule has 0 radical (unpaired) electrons. The first-order valence-corrected chi connectivity index (χ1v) is 9.85. The average molecular weight is 358 g/mol. The van der Waals surface area contributed by atoms with Gasteiger partial charge in [0.15, 0.2) is 4.21 Å². The highest BCUT2D eigenvalue weighted by molar-refractivity contribution is 7.93. The average Bonchev–Trinajstić information content (AvgIpc) is 2.99. The number of hydrogen-bond donors (Lipinski definition) is 1. The molecular formula is C12H10N2O5S3. The number of imide groups is 1. The van der Waals surface area contributed by atoms with E-state index in [9.17, 15) is 22.2 Å². The quantitative estimate of drug-likeness (QED) is 0.821. The van der Waals surface area contributed by atoms with Gasteiger partial charge in [-0.15, -0.1) is 11.3 Å². The van der Waals surface area contributed by atoms with Crippen molar-refractivity contribution in [2.75, 3.05) is 12.8 Å². The molecule has 1 aliphatic rings. The van der Waals surface area contributed by atoms with Crippen LogP contribution in [-0.4, -0.2) is 41.7 Å². The zero-order valence-electron chi connectivity index (χ0n) is 11.2. The Kier molecular flexibility index (Phi) is 3.54. The summed E-state index contributed by atoms with van der Waals surface area (Å²) in [4.78, 5) is 23.0. The number of hydrogen-bond acceptors (Lipinski definition) is 6. The standard InChI is InChI=1S/C12H10N2O5S3/c1-21(17)10-7-4-2-3-5-8(7)20-11(10)22(18,19)14-6-9(15)13-12(14)16/h2-5H,6H2,1H3,(H,13,15,16). The van der Waals surface area contributed by atoms with E-state index < -0.39 is 39.3 Å². The van der Waals surface area contributed by atoms with Gasteiger partial charge >= 0.3 is 6.03 Å². The summed E-state index contributed by atoms with van der Waals surface area (Å²) in [5, 5.41) is 2.49. The van der Waals surface area contributed by atoms with Crippen LogP contribution in [0.1, 0.15) is 0 Å². The van der Waals surface area contributed by atoms with E-state index in [0.717, 1.165) is 11.3 Å². The van der Waals surface area contributed by atoms with Crippen LogP contribution >= 0.6 is 11.3 Å². The predicted molar refractivity (Wildman–Crippen MR) is 81.6 cm³/mol. The fourth-order valence-corrected chi connectivity index (χ4v) is 6.98. The summed E-state index contributed by atoms with van der Waals surface area (Å²) in [5.41, 5.74) is 0. The summed E-state index contributed by atoms with van der Waals surface area (Å²) in [5.74, 6) is -0.686. The number of carbonyl (C=O) groups is 2. The molecule has 1 fully saturated rings. The molecule has 3 amide bonds. The third kappa shape index (κ3) is 2.23. The normalized spacial score (nSPS) is 17.0. The van der Waals surface area contributed by atoms with Gasteiger partial charge in [-0.1, -0.05) is 18.2 Å². The molecule has 2 aromatic rings. The van der Waals surface area contributed by atoms with Crippen LogP contribution in [0.25, 0.3) is 10.1 Å². The molecule has 22 heavy (non-hydrogen) atoms. The molecule has 116 valence electrons. The lowest BCUT2D eigenvalue weighted by molar-refractivity contribution is -0.118. The second-order valence-corrected chi connectivity index (χ2v) is 8.96. The molecule has 1 unspecified atom stereocenters. The van der Waals surface area contributed by atoms with Crippen LogP contribution in [0.3, 0.4) is 0 Å². The van der Waals surface area contributed by atoms with Crippen LogP contribution in [0.5, 0.6) is 0 Å². The number of fused-ring (bicyclic) bond motifs is 1. The van der Waals surface area contributed by atoms with Crippen molar-refractivity contribution in [2.45, 2.75) is 9.10 Å². The van der Waals surface area contributed by atoms with Crippen molar-refractivity contribution in [1.82, 2.24) is 9.62 Å². The fourth-order valence-electron chi connectivity index (χ4n) is 2.16. The molecule has 0 saturated carbocycles. The summed E-state index contributed by atoms with van der Waals surface area (Å²) in [6.07, 6.45) is 1.38. The number of carbonyl (C=O) groups excluding carboxylic acids is 2. The van der Waals surface area contributed by atoms with Crippen molar-refractivity contribution in [3.05, 3.63) is 24.3 Å². The number of sulfonamides is 1. The predicted octanol–water partition coefficient (Wildman–Crippen LogP) is 0.879. The number of thiophene rings is 1. The van der Waals surface area contributed by atoms with Crippen molar-refractivity contribution in [1.29, 1.82) is 0 Å². The Balaban J connectivity index is 2.25. The number of urea groups is 1. The molecule has 0 spiro atoms. The van der Waals surface area contributed by atoms with Gasteiger partial charge in [0.25, 0.3) is 10.0 Å². The SMILES string of the molecule is CS(=O)c1c(S(=O)(=O)N2CC(=O)NC2=O)sc2ccccc12. The molecule has 7 nitrogen and oxygen atoms in total. The van der Waals surface area contributed by atoms with Gasteiger partial charge in [0, 0.05) is 16.3 Å². The minimum atomic E-state index is -4.23. The maximum Gasteiger partial charge on any atom is 0.338 e. The topological polar surface area (TPSA) is 101 Å². The van der Waals surface area contributed by atoms with Crippen LogP contribution in [0.4, 0.5) is 4.79 Å². The molecule has 0 bridgehead atoms. The second kappa shape index (κ2) is 5.14. The van der Waals surface area contributed by atoms with Crippen LogP contribution in [0, 0.1) is 0 Å². The molecule has 1 N–H and O–H groups in total. The van der Waals surface area contributed by atoms with Gasteiger partial charge in [-0.3, -0.25) is 14.3 Å². The number of nitrogens with zero attached hydrogens (tertiary/aromatic N) is 1. The summed E-state index contributed by atoms with van der Waals surface area (Å²) < 4.78 is 38.3. The monoisotopic (exact) mass is 358 g/mol. The van der Waals surface area contributed by atoms with Crippen molar-refractivity contribution < 1.29 is 22.2 Å². The second-order valence-electron chi connectivity index (χ2n) is 4.53. The van der Waals surface area contributed by atoms with Gasteiger partial charge in [0.2, 0.25) is 5.91 Å². The number of nitrogens with one attached hydrogen (secondary N) is 1. The fraction of sp³-hybridized carbons (Fsp3) is 0.167. The molecule has 1 aromatic heterocycles. The lowest BCUT2D eigenvalue weighted by Gasteiger charge is -2.13. The van der Waals surface area contributed by atoms with E-state index in [0.29, 0.717) is 14.4 Å². The van der Waals surface area contributed by atoms with Gasteiger partial charge in [-0.25, -0.2) is 9.10 Å². The number of rotatable bonds is 3. The summed E-state index contributed by atoms with van der Waals surface area (Å²) in [6, 6.07) is 5.86. The minimum Gasteiger partial charge on any atom is -0.275 e. The highest BCUT2D eigenvalue weighted by Gasteiger charge is 2.40. The Morgan fingerprint density at radius 3 is 2.55 bits per heavy atom. The van der Waals surface area contributed by atoms with Crippen LogP contribution in [-0.2, 0) is 25.6 Å². The van der Waals surface area contributed by atoms with Gasteiger partial charge in [-0.2, -0.15) is 8.42 Å². The van der Waals surface area contributed by atoms with E-state index in [-0.39, 0.29) is 9.10 Å². The minimum absolute atomic E-state index is 0.160. The van der Waals surface area contributed by atoms with E-state index in [4.69, 9.17) is 0 Å². The van der Waals surface area contributed by atoms with Crippen molar-refractivity contribution >= 4 is 54.2 Å². The summed E-state index contributed by atoms with van der Waals surface area (Å²) in [7, 11) is -5.79. The van der Waals surface area contributed by atoms with Crippen LogP contribution in [0.15, 0.2) is 33.4 Å². The van der Waals surface area contributed by atoms with Gasteiger partial charge in [0.1, 0.15) is 6.54 Å². The molecule has 1 aromatic carbocycles. The Morgan fingerprint density at radius 1 is 1.27 bits per heavy atom. The smallest absolute Gasteiger partial charge is 0.275 e. The molecule has 0 aliphatic carbocycles. The maximum absolute atomic E-state index is 12.7. The van der Waals surface area contributed by atoms with E-state index >= 15 is 0 Å². The maximum atomic E-state index is 12.7. The van der Waals surface area contributed by atoms with E-state index in [1.165, 1.54) is 6.26 Å². The lowest BCUT2D eigenvalue weighted by atomic mass is 10.3. The first kappa shape index (κ1) is 15.1. The molecular weight excluding hydrogens is 348 g/mol. The Hall–Kier alpha value is -1.78. The molecule has 10 heteroatoms. The lowest BCUT2D eigenvalue weighted by Crippen LogP contribution is -2.34. The van der Waals surface area contributed by atoms with E-state index in [1.807, 2.05) is 5.32 Å². The molecule has 3 rings (SSSR count). The van der Waals surface area contributed by atoms with Crippen molar-refractivity contribution in [2.24, 2.45) is 0 Å².